The maximum Gasteiger partial charge on any atom is 0.0623 e. The van der Waals surface area contributed by atoms with Gasteiger partial charge in [0.15, 0.2) is 0 Å². The number of aliphatic hydroxyl groups is 1. The molecule has 16 heavy (non-hydrogen) atoms. The molecule has 3 unspecified atom stereocenters. The standard InChI is InChI=1S/C15H26O/c1-10(2)12-6-5-11(3)13-7-8-15(4,16)9-14(12)13/h5,10,12-14,16H,6-9H2,1-4H3/t12-,13?,14?,15?/m1/s1. The third kappa shape index (κ3) is 2.20. The Morgan fingerprint density at radius 1 is 1.44 bits per heavy atom. The fourth-order valence-corrected chi connectivity index (χ4v) is 3.86. The highest BCUT2D eigenvalue weighted by molar-refractivity contribution is 5.14. The van der Waals surface area contributed by atoms with E-state index >= 15 is 0 Å². The molecule has 0 radical (unpaired) electrons. The van der Waals surface area contributed by atoms with E-state index < -0.39 is 5.60 Å². The molecule has 92 valence electrons. The third-order valence-corrected chi connectivity index (χ3v) is 4.89. The van der Waals surface area contributed by atoms with E-state index in [4.69, 9.17) is 0 Å². The summed E-state index contributed by atoms with van der Waals surface area (Å²) >= 11 is 0. The van der Waals surface area contributed by atoms with Gasteiger partial charge in [-0.1, -0.05) is 25.5 Å². The largest absolute Gasteiger partial charge is 0.390 e. The molecule has 0 aromatic heterocycles. The van der Waals surface area contributed by atoms with Crippen LogP contribution < -0.4 is 0 Å². The Morgan fingerprint density at radius 2 is 2.12 bits per heavy atom. The lowest BCUT2D eigenvalue weighted by Crippen LogP contribution is -2.42. The number of rotatable bonds is 1. The van der Waals surface area contributed by atoms with Crippen LogP contribution in [0.3, 0.4) is 0 Å². The lowest BCUT2D eigenvalue weighted by molar-refractivity contribution is -0.0370. The molecular formula is C15H26O. The van der Waals surface area contributed by atoms with Crippen molar-refractivity contribution in [1.29, 1.82) is 0 Å². The van der Waals surface area contributed by atoms with Gasteiger partial charge in [0, 0.05) is 0 Å². The van der Waals surface area contributed by atoms with E-state index in [0.717, 1.165) is 30.6 Å². The monoisotopic (exact) mass is 222 g/mol. The predicted molar refractivity (Wildman–Crippen MR) is 68.2 cm³/mol. The van der Waals surface area contributed by atoms with Gasteiger partial charge in [0.25, 0.3) is 0 Å². The Kier molecular flexibility index (Phi) is 3.18. The molecule has 0 amide bonds. The van der Waals surface area contributed by atoms with Crippen molar-refractivity contribution in [3.8, 4) is 0 Å². The molecule has 2 aliphatic rings. The minimum Gasteiger partial charge on any atom is -0.390 e. The molecule has 0 aromatic carbocycles. The zero-order chi connectivity index (χ0) is 11.9. The Hall–Kier alpha value is -0.300. The first-order valence-corrected chi connectivity index (χ1v) is 6.80. The first-order valence-electron chi connectivity index (χ1n) is 6.80. The molecule has 4 atom stereocenters. The maximum absolute atomic E-state index is 10.3. The molecule has 0 aliphatic heterocycles. The number of allylic oxidation sites excluding steroid dienone is 2. The van der Waals surface area contributed by atoms with Crippen molar-refractivity contribution in [2.45, 2.75) is 59.0 Å². The van der Waals surface area contributed by atoms with Crippen molar-refractivity contribution in [2.75, 3.05) is 0 Å². The van der Waals surface area contributed by atoms with Crippen LogP contribution in [0.2, 0.25) is 0 Å². The molecule has 0 saturated heterocycles. The Balaban J connectivity index is 2.22. The maximum atomic E-state index is 10.3. The summed E-state index contributed by atoms with van der Waals surface area (Å²) in [6.45, 7) is 8.97. The van der Waals surface area contributed by atoms with Gasteiger partial charge in [0.2, 0.25) is 0 Å². The average molecular weight is 222 g/mol. The van der Waals surface area contributed by atoms with E-state index in [0.29, 0.717) is 5.92 Å². The van der Waals surface area contributed by atoms with Gasteiger partial charge in [-0.25, -0.2) is 0 Å². The molecule has 1 nitrogen and oxygen atoms in total. The van der Waals surface area contributed by atoms with Crippen LogP contribution in [-0.4, -0.2) is 10.7 Å². The molecule has 1 saturated carbocycles. The smallest absolute Gasteiger partial charge is 0.0623 e. The zero-order valence-corrected chi connectivity index (χ0v) is 11.2. The number of hydrogen-bond donors (Lipinski definition) is 1. The van der Waals surface area contributed by atoms with Gasteiger partial charge in [-0.05, 0) is 63.2 Å². The summed E-state index contributed by atoms with van der Waals surface area (Å²) in [5, 5.41) is 10.3. The van der Waals surface area contributed by atoms with Crippen LogP contribution in [0.4, 0.5) is 0 Å². The first kappa shape index (κ1) is 12.2. The van der Waals surface area contributed by atoms with E-state index in [2.05, 4.69) is 26.8 Å². The second-order valence-electron chi connectivity index (χ2n) is 6.60. The quantitative estimate of drug-likeness (QED) is 0.669. The highest BCUT2D eigenvalue weighted by Crippen LogP contribution is 2.49. The highest BCUT2D eigenvalue weighted by atomic mass is 16.3. The van der Waals surface area contributed by atoms with Crippen molar-refractivity contribution in [3.63, 3.8) is 0 Å². The van der Waals surface area contributed by atoms with Gasteiger partial charge in [-0.15, -0.1) is 0 Å². The van der Waals surface area contributed by atoms with Crippen molar-refractivity contribution >= 4 is 0 Å². The van der Waals surface area contributed by atoms with Crippen LogP contribution in [0.25, 0.3) is 0 Å². The first-order chi connectivity index (χ1) is 7.41. The second kappa shape index (κ2) is 4.18. The number of fused-ring (bicyclic) bond motifs is 1. The summed E-state index contributed by atoms with van der Waals surface area (Å²) in [7, 11) is 0. The van der Waals surface area contributed by atoms with Crippen LogP contribution in [0, 0.1) is 23.7 Å². The van der Waals surface area contributed by atoms with E-state index in [1.54, 1.807) is 5.57 Å². The molecule has 2 aliphatic carbocycles. The molecule has 0 aromatic rings. The normalized spacial score (nSPS) is 44.1. The summed E-state index contributed by atoms with van der Waals surface area (Å²) in [5.74, 6) is 2.99. The van der Waals surface area contributed by atoms with Crippen molar-refractivity contribution in [2.24, 2.45) is 23.7 Å². The minimum atomic E-state index is -0.411. The molecule has 0 heterocycles. The summed E-state index contributed by atoms with van der Waals surface area (Å²) < 4.78 is 0. The lowest BCUT2D eigenvalue weighted by Gasteiger charge is -2.47. The number of hydrogen-bond acceptors (Lipinski definition) is 1. The van der Waals surface area contributed by atoms with E-state index in [1.807, 2.05) is 6.92 Å². The van der Waals surface area contributed by atoms with Gasteiger partial charge in [-0.2, -0.15) is 0 Å². The zero-order valence-electron chi connectivity index (χ0n) is 11.2. The van der Waals surface area contributed by atoms with Crippen LogP contribution in [-0.2, 0) is 0 Å². The van der Waals surface area contributed by atoms with E-state index in [-0.39, 0.29) is 0 Å². The van der Waals surface area contributed by atoms with E-state index in [1.165, 1.54) is 12.8 Å². The lowest BCUT2D eigenvalue weighted by atomic mass is 9.60. The SMILES string of the molecule is CC1=CC[C@H](C(C)C)C2CC(C)(O)CCC12. The Labute approximate surface area is 99.9 Å². The molecule has 2 rings (SSSR count). The summed E-state index contributed by atoms with van der Waals surface area (Å²) in [6.07, 6.45) is 6.84. The fourth-order valence-electron chi connectivity index (χ4n) is 3.86. The molecule has 0 spiro atoms. The van der Waals surface area contributed by atoms with E-state index in [9.17, 15) is 5.11 Å². The third-order valence-electron chi connectivity index (χ3n) is 4.89. The molecule has 1 fully saturated rings. The Bertz CT molecular complexity index is 288. The van der Waals surface area contributed by atoms with Gasteiger partial charge in [0.05, 0.1) is 5.60 Å². The summed E-state index contributed by atoms with van der Waals surface area (Å²) in [5.41, 5.74) is 1.17. The predicted octanol–water partition coefficient (Wildman–Crippen LogP) is 3.78. The van der Waals surface area contributed by atoms with Gasteiger partial charge >= 0.3 is 0 Å². The van der Waals surface area contributed by atoms with Gasteiger partial charge < -0.3 is 5.11 Å². The second-order valence-corrected chi connectivity index (χ2v) is 6.60. The Morgan fingerprint density at radius 3 is 2.75 bits per heavy atom. The van der Waals surface area contributed by atoms with Crippen LogP contribution in [0.15, 0.2) is 11.6 Å². The molecule has 1 N–H and O–H groups in total. The van der Waals surface area contributed by atoms with Gasteiger partial charge in [-0.3, -0.25) is 0 Å². The highest BCUT2D eigenvalue weighted by Gasteiger charge is 2.42. The molecule has 1 heteroatoms. The average Bonchev–Trinajstić information content (AvgIpc) is 2.15. The fraction of sp³-hybridized carbons (Fsp3) is 0.867. The van der Waals surface area contributed by atoms with Crippen LogP contribution in [0.5, 0.6) is 0 Å². The van der Waals surface area contributed by atoms with Crippen molar-refractivity contribution in [3.05, 3.63) is 11.6 Å². The summed E-state index contributed by atoms with van der Waals surface area (Å²) in [4.78, 5) is 0. The van der Waals surface area contributed by atoms with Crippen molar-refractivity contribution < 1.29 is 5.11 Å². The van der Waals surface area contributed by atoms with Crippen LogP contribution >= 0.6 is 0 Å². The van der Waals surface area contributed by atoms with Crippen LogP contribution in [0.1, 0.15) is 53.4 Å². The topological polar surface area (TPSA) is 20.2 Å². The minimum absolute atomic E-state index is 0.411. The van der Waals surface area contributed by atoms with Crippen molar-refractivity contribution in [1.82, 2.24) is 0 Å². The summed E-state index contributed by atoms with van der Waals surface area (Å²) in [6, 6.07) is 0. The molecular weight excluding hydrogens is 196 g/mol. The van der Waals surface area contributed by atoms with Gasteiger partial charge in [0.1, 0.15) is 0 Å². The molecule has 0 bridgehead atoms.